The second-order valence-corrected chi connectivity index (χ2v) is 5.73. The molecule has 1 aliphatic heterocycles. The molecule has 104 valence electrons. The first-order valence-electron chi connectivity index (χ1n) is 7.07. The number of nitrogens with zero attached hydrogens (tertiary/aromatic N) is 1. The Labute approximate surface area is 114 Å². The fraction of sp³-hybridized carbons (Fsp3) is 0.562. The van der Waals surface area contributed by atoms with E-state index in [2.05, 4.69) is 18.7 Å². The number of hydrogen-bond acceptors (Lipinski definition) is 2. The van der Waals surface area contributed by atoms with Gasteiger partial charge in [-0.3, -0.25) is 9.69 Å². The Morgan fingerprint density at radius 3 is 2.84 bits per heavy atom. The van der Waals surface area contributed by atoms with Crippen molar-refractivity contribution < 1.29 is 9.18 Å². The lowest BCUT2D eigenvalue weighted by atomic mass is 10.0. The van der Waals surface area contributed by atoms with Crippen LogP contribution in [0.4, 0.5) is 4.39 Å². The summed E-state index contributed by atoms with van der Waals surface area (Å²) in [6.07, 6.45) is 2.54. The maximum atomic E-state index is 13.5. The molecule has 1 aromatic rings. The lowest BCUT2D eigenvalue weighted by molar-refractivity contribution is -0.120. The number of hydrogen-bond donors (Lipinski definition) is 0. The van der Waals surface area contributed by atoms with Gasteiger partial charge in [0.25, 0.3) is 0 Å². The van der Waals surface area contributed by atoms with E-state index in [1.54, 1.807) is 18.2 Å². The quantitative estimate of drug-likeness (QED) is 0.813. The van der Waals surface area contributed by atoms with Gasteiger partial charge < -0.3 is 0 Å². The zero-order valence-electron chi connectivity index (χ0n) is 11.7. The Hall–Kier alpha value is -1.22. The van der Waals surface area contributed by atoms with Crippen LogP contribution >= 0.6 is 0 Å². The van der Waals surface area contributed by atoms with Crippen molar-refractivity contribution >= 4 is 5.78 Å². The number of carbonyl (C=O) groups is 1. The lowest BCUT2D eigenvalue weighted by Crippen LogP contribution is -2.37. The molecule has 1 saturated heterocycles. The molecule has 0 spiro atoms. The SMILES string of the molecule is CC(C)C1CCCN1CC(=O)Cc1ccccc1F. The third kappa shape index (κ3) is 3.63. The molecule has 0 aromatic heterocycles. The molecule has 1 aliphatic rings. The number of halogens is 1. The number of carbonyl (C=O) groups excluding carboxylic acids is 1. The van der Waals surface area contributed by atoms with Crippen LogP contribution in [-0.4, -0.2) is 29.8 Å². The average molecular weight is 263 g/mol. The Balaban J connectivity index is 1.93. The van der Waals surface area contributed by atoms with Crippen molar-refractivity contribution in [2.24, 2.45) is 5.92 Å². The van der Waals surface area contributed by atoms with Gasteiger partial charge in [-0.25, -0.2) is 4.39 Å². The largest absolute Gasteiger partial charge is 0.298 e. The van der Waals surface area contributed by atoms with Gasteiger partial charge in [0.15, 0.2) is 5.78 Å². The number of likely N-dealkylation sites (tertiary alicyclic amines) is 1. The fourth-order valence-electron chi connectivity index (χ4n) is 2.94. The van der Waals surface area contributed by atoms with Gasteiger partial charge in [0.1, 0.15) is 5.82 Å². The smallest absolute Gasteiger partial charge is 0.151 e. The van der Waals surface area contributed by atoms with E-state index >= 15 is 0 Å². The summed E-state index contributed by atoms with van der Waals surface area (Å²) in [6.45, 7) is 5.84. The van der Waals surface area contributed by atoms with Crippen LogP contribution in [0.3, 0.4) is 0 Å². The van der Waals surface area contributed by atoms with Crippen molar-refractivity contribution in [1.29, 1.82) is 0 Å². The van der Waals surface area contributed by atoms with E-state index in [4.69, 9.17) is 0 Å². The number of rotatable bonds is 5. The Bertz CT molecular complexity index is 444. The normalized spacial score (nSPS) is 20.1. The topological polar surface area (TPSA) is 20.3 Å². The molecule has 0 amide bonds. The van der Waals surface area contributed by atoms with Crippen LogP contribution in [0.1, 0.15) is 32.3 Å². The minimum Gasteiger partial charge on any atom is -0.298 e. The summed E-state index contributed by atoms with van der Waals surface area (Å²) in [4.78, 5) is 14.3. The van der Waals surface area contributed by atoms with Gasteiger partial charge in [0.2, 0.25) is 0 Å². The maximum absolute atomic E-state index is 13.5. The second kappa shape index (κ2) is 6.29. The van der Waals surface area contributed by atoms with Crippen molar-refractivity contribution in [3.63, 3.8) is 0 Å². The number of ketones is 1. The van der Waals surface area contributed by atoms with Crippen LogP contribution in [0.5, 0.6) is 0 Å². The van der Waals surface area contributed by atoms with Gasteiger partial charge in [0, 0.05) is 12.5 Å². The van der Waals surface area contributed by atoms with E-state index < -0.39 is 0 Å². The molecule has 0 radical (unpaired) electrons. The van der Waals surface area contributed by atoms with Crippen LogP contribution in [0.15, 0.2) is 24.3 Å². The van der Waals surface area contributed by atoms with Crippen LogP contribution in [0.2, 0.25) is 0 Å². The van der Waals surface area contributed by atoms with Gasteiger partial charge in [-0.15, -0.1) is 0 Å². The van der Waals surface area contributed by atoms with E-state index in [1.807, 2.05) is 0 Å². The first-order chi connectivity index (χ1) is 9.08. The molecule has 0 aliphatic carbocycles. The summed E-state index contributed by atoms with van der Waals surface area (Å²) < 4.78 is 13.5. The Kier molecular flexibility index (Phi) is 4.70. The van der Waals surface area contributed by atoms with Crippen LogP contribution in [0.25, 0.3) is 0 Å². The van der Waals surface area contributed by atoms with E-state index in [9.17, 15) is 9.18 Å². The van der Waals surface area contributed by atoms with Crippen molar-refractivity contribution in [3.05, 3.63) is 35.6 Å². The highest BCUT2D eigenvalue weighted by Gasteiger charge is 2.28. The predicted octanol–water partition coefficient (Wildman–Crippen LogP) is 3.06. The van der Waals surface area contributed by atoms with Crippen molar-refractivity contribution in [2.75, 3.05) is 13.1 Å². The minimum absolute atomic E-state index is 0.109. The van der Waals surface area contributed by atoms with Gasteiger partial charge in [-0.1, -0.05) is 32.0 Å². The monoisotopic (exact) mass is 263 g/mol. The molecule has 1 atom stereocenters. The standard InChI is InChI=1S/C16H22FNO/c1-12(2)16-8-5-9-18(16)11-14(19)10-13-6-3-4-7-15(13)17/h3-4,6-7,12,16H,5,8-11H2,1-2H3. The molecule has 0 N–H and O–H groups in total. The number of benzene rings is 1. The van der Waals surface area contributed by atoms with Gasteiger partial charge in [0.05, 0.1) is 6.54 Å². The molecule has 19 heavy (non-hydrogen) atoms. The highest BCUT2D eigenvalue weighted by atomic mass is 19.1. The molecule has 1 aromatic carbocycles. The molecular formula is C16H22FNO. The van der Waals surface area contributed by atoms with Gasteiger partial charge >= 0.3 is 0 Å². The Morgan fingerprint density at radius 1 is 1.42 bits per heavy atom. The van der Waals surface area contributed by atoms with Crippen molar-refractivity contribution in [1.82, 2.24) is 4.90 Å². The van der Waals surface area contributed by atoms with Gasteiger partial charge in [-0.2, -0.15) is 0 Å². The van der Waals surface area contributed by atoms with E-state index in [1.165, 1.54) is 12.5 Å². The summed E-state index contributed by atoms with van der Waals surface area (Å²) in [5.41, 5.74) is 0.507. The second-order valence-electron chi connectivity index (χ2n) is 5.73. The number of Topliss-reactive ketones (excluding diaryl/α,β-unsaturated/α-hetero) is 1. The van der Waals surface area contributed by atoms with Crippen LogP contribution in [0, 0.1) is 11.7 Å². The molecule has 2 rings (SSSR count). The molecule has 1 unspecified atom stereocenters. The molecule has 1 heterocycles. The van der Waals surface area contributed by atoms with E-state index in [0.717, 1.165) is 13.0 Å². The summed E-state index contributed by atoms with van der Waals surface area (Å²) in [7, 11) is 0. The molecule has 0 bridgehead atoms. The molecule has 1 fully saturated rings. The first-order valence-corrected chi connectivity index (χ1v) is 7.07. The highest BCUT2D eigenvalue weighted by molar-refractivity contribution is 5.82. The highest BCUT2D eigenvalue weighted by Crippen LogP contribution is 2.23. The third-order valence-corrected chi connectivity index (χ3v) is 3.91. The summed E-state index contributed by atoms with van der Waals surface area (Å²) in [5.74, 6) is 0.402. The summed E-state index contributed by atoms with van der Waals surface area (Å²) in [6, 6.07) is 7.04. The van der Waals surface area contributed by atoms with Crippen molar-refractivity contribution in [3.8, 4) is 0 Å². The summed E-state index contributed by atoms with van der Waals surface area (Å²) >= 11 is 0. The zero-order valence-corrected chi connectivity index (χ0v) is 11.7. The van der Waals surface area contributed by atoms with E-state index in [0.29, 0.717) is 24.1 Å². The average Bonchev–Trinajstić information content (AvgIpc) is 2.80. The summed E-state index contributed by atoms with van der Waals surface area (Å²) in [5, 5.41) is 0. The van der Waals surface area contributed by atoms with Crippen LogP contribution < -0.4 is 0 Å². The van der Waals surface area contributed by atoms with E-state index in [-0.39, 0.29) is 18.0 Å². The first kappa shape index (κ1) is 14.2. The lowest BCUT2D eigenvalue weighted by Gasteiger charge is -2.26. The van der Waals surface area contributed by atoms with Crippen LogP contribution in [-0.2, 0) is 11.2 Å². The molecular weight excluding hydrogens is 241 g/mol. The predicted molar refractivity (Wildman–Crippen MR) is 74.5 cm³/mol. The third-order valence-electron chi connectivity index (χ3n) is 3.91. The van der Waals surface area contributed by atoms with Gasteiger partial charge in [-0.05, 0) is 36.9 Å². The molecule has 0 saturated carbocycles. The molecule has 3 heteroatoms. The zero-order chi connectivity index (χ0) is 13.8. The maximum Gasteiger partial charge on any atom is 0.151 e. The Morgan fingerprint density at radius 2 is 2.16 bits per heavy atom. The molecule has 2 nitrogen and oxygen atoms in total. The van der Waals surface area contributed by atoms with Crippen molar-refractivity contribution in [2.45, 2.75) is 39.2 Å². The fourth-order valence-corrected chi connectivity index (χ4v) is 2.94. The minimum atomic E-state index is -0.280.